The van der Waals surface area contributed by atoms with Gasteiger partial charge in [0.05, 0.1) is 29.4 Å². The molecular weight excluding hydrogens is 472 g/mol. The van der Waals surface area contributed by atoms with Crippen LogP contribution in [0.2, 0.25) is 0 Å². The third-order valence-corrected chi connectivity index (χ3v) is 5.97. The van der Waals surface area contributed by atoms with Gasteiger partial charge in [-0.25, -0.2) is 9.67 Å². The van der Waals surface area contributed by atoms with Crippen molar-refractivity contribution in [2.45, 2.75) is 20.4 Å². The first kappa shape index (κ1) is 20.5. The van der Waals surface area contributed by atoms with Crippen molar-refractivity contribution in [2.24, 2.45) is 0 Å². The van der Waals surface area contributed by atoms with E-state index in [0.29, 0.717) is 58.0 Å². The fourth-order valence-corrected chi connectivity index (χ4v) is 4.11. The van der Waals surface area contributed by atoms with Crippen LogP contribution >= 0.6 is 15.9 Å². The van der Waals surface area contributed by atoms with Crippen molar-refractivity contribution >= 4 is 38.6 Å². The Bertz CT molecular complexity index is 1330. The summed E-state index contributed by atoms with van der Waals surface area (Å²) in [7, 11) is 0. The summed E-state index contributed by atoms with van der Waals surface area (Å²) >= 11 is 3.51. The summed E-state index contributed by atoms with van der Waals surface area (Å²) in [5.41, 5.74) is 4.87. The van der Waals surface area contributed by atoms with E-state index in [-0.39, 0.29) is 5.91 Å². The van der Waals surface area contributed by atoms with Gasteiger partial charge in [0.15, 0.2) is 17.1 Å². The minimum atomic E-state index is -0.243. The number of ether oxygens (including phenoxy) is 2. The number of benzene rings is 2. The summed E-state index contributed by atoms with van der Waals surface area (Å²) in [4.78, 5) is 17.9. The SMILES string of the molecule is Cc1ccc(Cn2ncc3c(C(=O)Nc4cc5c(cc4Br)OCCO5)cc(C)nc32)cc1. The Morgan fingerprint density at radius 2 is 1.81 bits per heavy atom. The highest BCUT2D eigenvalue weighted by Crippen LogP contribution is 2.38. The van der Waals surface area contributed by atoms with E-state index < -0.39 is 0 Å². The molecule has 1 aliphatic heterocycles. The van der Waals surface area contributed by atoms with Gasteiger partial charge in [-0.1, -0.05) is 29.8 Å². The Labute approximate surface area is 193 Å². The highest BCUT2D eigenvalue weighted by molar-refractivity contribution is 9.10. The predicted octanol–water partition coefficient (Wildman–Crippen LogP) is 4.88. The van der Waals surface area contributed by atoms with E-state index in [2.05, 4.69) is 62.5 Å². The number of anilines is 1. The maximum Gasteiger partial charge on any atom is 0.256 e. The quantitative estimate of drug-likeness (QED) is 0.439. The molecule has 2 aromatic carbocycles. The van der Waals surface area contributed by atoms with Gasteiger partial charge < -0.3 is 14.8 Å². The number of halogens is 1. The van der Waals surface area contributed by atoms with Crippen molar-refractivity contribution < 1.29 is 14.3 Å². The highest BCUT2D eigenvalue weighted by Gasteiger charge is 2.20. The minimum Gasteiger partial charge on any atom is -0.486 e. The van der Waals surface area contributed by atoms with Crippen LogP contribution in [-0.2, 0) is 6.54 Å². The Kier molecular flexibility index (Phi) is 5.30. The summed E-state index contributed by atoms with van der Waals surface area (Å²) in [5, 5.41) is 8.19. The number of nitrogens with one attached hydrogen (secondary N) is 1. The van der Waals surface area contributed by atoms with Crippen LogP contribution in [0.15, 0.2) is 53.1 Å². The van der Waals surface area contributed by atoms with Gasteiger partial charge in [-0.2, -0.15) is 5.10 Å². The van der Waals surface area contributed by atoms with Crippen molar-refractivity contribution in [1.82, 2.24) is 14.8 Å². The molecule has 162 valence electrons. The minimum absolute atomic E-state index is 0.243. The molecule has 0 saturated heterocycles. The molecule has 5 rings (SSSR count). The van der Waals surface area contributed by atoms with E-state index in [1.54, 1.807) is 24.4 Å². The van der Waals surface area contributed by atoms with Gasteiger partial charge >= 0.3 is 0 Å². The Morgan fingerprint density at radius 3 is 2.56 bits per heavy atom. The number of fused-ring (bicyclic) bond motifs is 2. The maximum absolute atomic E-state index is 13.2. The molecular formula is C24H21BrN4O3. The number of pyridine rings is 1. The second-order valence-corrected chi connectivity index (χ2v) is 8.62. The smallest absolute Gasteiger partial charge is 0.256 e. The van der Waals surface area contributed by atoms with Crippen LogP contribution < -0.4 is 14.8 Å². The van der Waals surface area contributed by atoms with Gasteiger partial charge in [-0.3, -0.25) is 4.79 Å². The number of hydrogen-bond donors (Lipinski definition) is 1. The molecule has 1 aliphatic rings. The van der Waals surface area contributed by atoms with E-state index >= 15 is 0 Å². The number of carbonyl (C=O) groups is 1. The molecule has 0 fully saturated rings. The van der Waals surface area contributed by atoms with E-state index in [4.69, 9.17) is 9.47 Å². The summed E-state index contributed by atoms with van der Waals surface area (Å²) in [5.74, 6) is 1.02. The lowest BCUT2D eigenvalue weighted by molar-refractivity contribution is 0.102. The van der Waals surface area contributed by atoms with Crippen LogP contribution in [0.1, 0.15) is 27.2 Å². The number of rotatable bonds is 4. The standard InChI is InChI=1S/C24H21BrN4O3/c1-14-3-5-16(6-4-14)13-29-23-18(12-26-29)17(9-15(2)27-23)24(30)28-20-11-22-21(10-19(20)25)31-7-8-32-22/h3-6,9-12H,7-8,13H2,1-2H3,(H,28,30). The van der Waals surface area contributed by atoms with Crippen LogP contribution in [0.5, 0.6) is 11.5 Å². The van der Waals surface area contributed by atoms with Crippen LogP contribution in [-0.4, -0.2) is 33.9 Å². The van der Waals surface area contributed by atoms with Gasteiger partial charge in [-0.05, 0) is 41.4 Å². The number of aryl methyl sites for hydroxylation is 2. The van der Waals surface area contributed by atoms with Crippen molar-refractivity contribution in [3.05, 3.63) is 75.5 Å². The number of carbonyl (C=O) groups excluding carboxylic acids is 1. The molecule has 4 aromatic rings. The molecule has 1 amide bonds. The van der Waals surface area contributed by atoms with E-state index in [9.17, 15) is 4.79 Å². The van der Waals surface area contributed by atoms with Crippen LogP contribution in [0, 0.1) is 13.8 Å². The van der Waals surface area contributed by atoms with E-state index in [1.807, 2.05) is 11.6 Å². The highest BCUT2D eigenvalue weighted by atomic mass is 79.9. The topological polar surface area (TPSA) is 78.3 Å². The van der Waals surface area contributed by atoms with Crippen LogP contribution in [0.4, 0.5) is 5.69 Å². The lowest BCUT2D eigenvalue weighted by Gasteiger charge is -2.20. The van der Waals surface area contributed by atoms with E-state index in [0.717, 1.165) is 11.3 Å². The van der Waals surface area contributed by atoms with Crippen molar-refractivity contribution in [3.8, 4) is 11.5 Å². The van der Waals surface area contributed by atoms with Crippen molar-refractivity contribution in [2.75, 3.05) is 18.5 Å². The van der Waals surface area contributed by atoms with E-state index in [1.165, 1.54) is 5.56 Å². The Morgan fingerprint density at radius 1 is 1.09 bits per heavy atom. The van der Waals surface area contributed by atoms with Gasteiger partial charge in [0.2, 0.25) is 0 Å². The molecule has 3 heterocycles. The zero-order valence-corrected chi connectivity index (χ0v) is 19.3. The number of nitrogens with zero attached hydrogens (tertiary/aromatic N) is 3. The maximum atomic E-state index is 13.2. The average molecular weight is 493 g/mol. The molecule has 1 N–H and O–H groups in total. The van der Waals surface area contributed by atoms with Gasteiger partial charge in [-0.15, -0.1) is 0 Å². The molecule has 2 aromatic heterocycles. The summed E-state index contributed by atoms with van der Waals surface area (Å²) in [6.45, 7) is 5.50. The van der Waals surface area contributed by atoms with Crippen LogP contribution in [0.25, 0.3) is 11.0 Å². The zero-order chi connectivity index (χ0) is 22.2. The lowest BCUT2D eigenvalue weighted by Crippen LogP contribution is -2.17. The molecule has 32 heavy (non-hydrogen) atoms. The largest absolute Gasteiger partial charge is 0.486 e. The summed E-state index contributed by atoms with van der Waals surface area (Å²) in [6.07, 6.45) is 1.70. The third-order valence-electron chi connectivity index (χ3n) is 5.31. The molecule has 0 bridgehead atoms. The van der Waals surface area contributed by atoms with Crippen LogP contribution in [0.3, 0.4) is 0 Å². The number of amides is 1. The molecule has 0 radical (unpaired) electrons. The second kappa shape index (κ2) is 8.27. The average Bonchev–Trinajstić information content (AvgIpc) is 3.17. The third kappa shape index (κ3) is 3.93. The number of aromatic nitrogens is 3. The normalized spacial score (nSPS) is 12.7. The first-order valence-electron chi connectivity index (χ1n) is 10.3. The molecule has 0 unspecified atom stereocenters. The van der Waals surface area contributed by atoms with Gasteiger partial charge in [0.25, 0.3) is 5.91 Å². The van der Waals surface area contributed by atoms with Crippen molar-refractivity contribution in [3.63, 3.8) is 0 Å². The molecule has 0 spiro atoms. The lowest BCUT2D eigenvalue weighted by atomic mass is 10.1. The monoisotopic (exact) mass is 492 g/mol. The van der Waals surface area contributed by atoms with Gasteiger partial charge in [0, 0.05) is 22.3 Å². The molecule has 0 saturated carbocycles. The van der Waals surface area contributed by atoms with Gasteiger partial charge in [0.1, 0.15) is 13.2 Å². The first-order valence-corrected chi connectivity index (χ1v) is 11.1. The van der Waals surface area contributed by atoms with Crippen molar-refractivity contribution in [1.29, 1.82) is 0 Å². The fraction of sp³-hybridized carbons (Fsp3) is 0.208. The summed E-state index contributed by atoms with van der Waals surface area (Å²) < 4.78 is 13.8. The Hall–Kier alpha value is -3.39. The Balaban J connectivity index is 1.47. The zero-order valence-electron chi connectivity index (χ0n) is 17.7. The fourth-order valence-electron chi connectivity index (χ4n) is 3.69. The summed E-state index contributed by atoms with van der Waals surface area (Å²) in [6, 6.07) is 13.6. The molecule has 0 aliphatic carbocycles. The predicted molar refractivity (Wildman–Crippen MR) is 126 cm³/mol. The molecule has 0 atom stereocenters. The number of hydrogen-bond acceptors (Lipinski definition) is 5. The second-order valence-electron chi connectivity index (χ2n) is 7.77. The molecule has 7 nitrogen and oxygen atoms in total. The first-order chi connectivity index (χ1) is 15.5. The molecule has 8 heteroatoms.